The first-order valence-corrected chi connectivity index (χ1v) is 6.64. The van der Waals surface area contributed by atoms with E-state index in [1.165, 1.54) is 0 Å². The highest BCUT2D eigenvalue weighted by atomic mass is 127. The minimum atomic E-state index is 0.843. The van der Waals surface area contributed by atoms with Gasteiger partial charge in [0.1, 0.15) is 5.75 Å². The van der Waals surface area contributed by atoms with Crippen molar-refractivity contribution in [2.45, 2.75) is 0 Å². The quantitative estimate of drug-likeness (QED) is 0.660. The van der Waals surface area contributed by atoms with E-state index in [0.29, 0.717) is 0 Å². The van der Waals surface area contributed by atoms with E-state index in [-0.39, 0.29) is 0 Å². The SMILES string of the molecule is COc1ccccc1-c1cn2cccc(I)c2n1. The lowest BCUT2D eigenvalue weighted by atomic mass is 10.1. The van der Waals surface area contributed by atoms with Crippen LogP contribution in [0.25, 0.3) is 16.9 Å². The van der Waals surface area contributed by atoms with E-state index in [2.05, 4.69) is 33.6 Å². The molecule has 3 aromatic rings. The molecule has 1 aromatic carbocycles. The summed E-state index contributed by atoms with van der Waals surface area (Å²) in [5, 5.41) is 0. The number of ether oxygens (including phenoxy) is 1. The van der Waals surface area contributed by atoms with Gasteiger partial charge in [-0.25, -0.2) is 4.98 Å². The Morgan fingerprint density at radius 2 is 2.00 bits per heavy atom. The largest absolute Gasteiger partial charge is 0.496 e. The summed E-state index contributed by atoms with van der Waals surface area (Å²) in [5.74, 6) is 0.843. The van der Waals surface area contributed by atoms with Crippen molar-refractivity contribution in [1.29, 1.82) is 0 Å². The molecule has 0 spiro atoms. The van der Waals surface area contributed by atoms with Gasteiger partial charge in [0.15, 0.2) is 5.65 Å². The maximum Gasteiger partial charge on any atom is 0.150 e. The molecule has 0 atom stereocenters. The van der Waals surface area contributed by atoms with Crippen LogP contribution in [0.3, 0.4) is 0 Å². The fraction of sp³-hybridized carbons (Fsp3) is 0.0714. The van der Waals surface area contributed by atoms with Crippen molar-refractivity contribution < 1.29 is 4.74 Å². The van der Waals surface area contributed by atoms with Crippen molar-refractivity contribution in [1.82, 2.24) is 9.38 Å². The predicted octanol–water partition coefficient (Wildman–Crippen LogP) is 3.61. The summed E-state index contributed by atoms with van der Waals surface area (Å²) in [7, 11) is 1.68. The molecule has 3 nitrogen and oxygen atoms in total. The van der Waals surface area contributed by atoms with Gasteiger partial charge in [0.25, 0.3) is 0 Å². The monoisotopic (exact) mass is 350 g/mol. The van der Waals surface area contributed by atoms with Crippen molar-refractivity contribution in [2.24, 2.45) is 0 Å². The topological polar surface area (TPSA) is 26.5 Å². The van der Waals surface area contributed by atoms with Crippen LogP contribution < -0.4 is 4.74 Å². The molecule has 0 unspecified atom stereocenters. The van der Waals surface area contributed by atoms with Gasteiger partial charge in [-0.2, -0.15) is 0 Å². The number of para-hydroxylation sites is 1. The van der Waals surface area contributed by atoms with Gasteiger partial charge < -0.3 is 9.14 Å². The Bertz CT molecular complexity index is 706. The van der Waals surface area contributed by atoms with Crippen molar-refractivity contribution in [2.75, 3.05) is 7.11 Å². The highest BCUT2D eigenvalue weighted by Crippen LogP contribution is 2.29. The zero-order chi connectivity index (χ0) is 12.5. The maximum atomic E-state index is 5.37. The molecule has 3 rings (SSSR count). The maximum absolute atomic E-state index is 5.37. The summed E-state index contributed by atoms with van der Waals surface area (Å²) >= 11 is 2.29. The van der Waals surface area contributed by atoms with Gasteiger partial charge in [0.2, 0.25) is 0 Å². The van der Waals surface area contributed by atoms with Crippen LogP contribution in [0.2, 0.25) is 0 Å². The van der Waals surface area contributed by atoms with E-state index in [4.69, 9.17) is 4.74 Å². The van der Waals surface area contributed by atoms with E-state index in [9.17, 15) is 0 Å². The Morgan fingerprint density at radius 3 is 2.78 bits per heavy atom. The van der Waals surface area contributed by atoms with Crippen LogP contribution in [0.5, 0.6) is 5.75 Å². The number of methoxy groups -OCH3 is 1. The van der Waals surface area contributed by atoms with Crippen LogP contribution in [0.4, 0.5) is 0 Å². The molecule has 0 fully saturated rings. The Hall–Kier alpha value is -1.56. The molecule has 0 radical (unpaired) electrons. The number of hydrogen-bond acceptors (Lipinski definition) is 2. The molecule has 0 aliphatic rings. The van der Waals surface area contributed by atoms with Crippen LogP contribution in [-0.4, -0.2) is 16.5 Å². The Morgan fingerprint density at radius 1 is 1.17 bits per heavy atom. The van der Waals surface area contributed by atoms with Crippen LogP contribution >= 0.6 is 22.6 Å². The minimum Gasteiger partial charge on any atom is -0.496 e. The summed E-state index contributed by atoms with van der Waals surface area (Å²) in [6.45, 7) is 0. The number of nitrogens with zero attached hydrogens (tertiary/aromatic N) is 2. The summed E-state index contributed by atoms with van der Waals surface area (Å²) in [6.07, 6.45) is 4.03. The van der Waals surface area contributed by atoms with Crippen LogP contribution in [0.1, 0.15) is 0 Å². The van der Waals surface area contributed by atoms with Crippen molar-refractivity contribution in [3.63, 3.8) is 0 Å². The second kappa shape index (κ2) is 4.61. The summed E-state index contributed by atoms with van der Waals surface area (Å²) in [5.41, 5.74) is 2.91. The molecule has 0 N–H and O–H groups in total. The van der Waals surface area contributed by atoms with Crippen molar-refractivity contribution >= 4 is 28.2 Å². The van der Waals surface area contributed by atoms with Gasteiger partial charge in [0, 0.05) is 18.0 Å². The van der Waals surface area contributed by atoms with Crippen LogP contribution in [0, 0.1) is 3.57 Å². The molecular weight excluding hydrogens is 339 g/mol. The first-order chi connectivity index (χ1) is 8.79. The van der Waals surface area contributed by atoms with E-state index in [0.717, 1.165) is 26.2 Å². The van der Waals surface area contributed by atoms with Crippen molar-refractivity contribution in [3.05, 3.63) is 52.4 Å². The Labute approximate surface area is 119 Å². The van der Waals surface area contributed by atoms with E-state index in [1.807, 2.05) is 47.1 Å². The fourth-order valence-corrected chi connectivity index (χ4v) is 2.57. The minimum absolute atomic E-state index is 0.843. The van der Waals surface area contributed by atoms with Gasteiger partial charge in [-0.15, -0.1) is 0 Å². The van der Waals surface area contributed by atoms with Gasteiger partial charge in [-0.05, 0) is 46.9 Å². The number of aromatic nitrogens is 2. The number of halogens is 1. The lowest BCUT2D eigenvalue weighted by Crippen LogP contribution is -1.87. The third kappa shape index (κ3) is 1.86. The van der Waals surface area contributed by atoms with E-state index in [1.54, 1.807) is 7.11 Å². The lowest BCUT2D eigenvalue weighted by molar-refractivity contribution is 0.416. The second-order valence-electron chi connectivity index (χ2n) is 3.91. The number of fused-ring (bicyclic) bond motifs is 1. The second-order valence-corrected chi connectivity index (χ2v) is 5.08. The average Bonchev–Trinajstić information content (AvgIpc) is 2.84. The highest BCUT2D eigenvalue weighted by Gasteiger charge is 2.10. The normalized spacial score (nSPS) is 10.8. The molecule has 0 saturated heterocycles. The zero-order valence-corrected chi connectivity index (χ0v) is 12.0. The Kier molecular flexibility index (Phi) is 2.95. The molecule has 0 aliphatic carbocycles. The first-order valence-electron chi connectivity index (χ1n) is 5.56. The van der Waals surface area contributed by atoms with Gasteiger partial charge in [-0.3, -0.25) is 0 Å². The zero-order valence-electron chi connectivity index (χ0n) is 9.80. The standard InChI is InChI=1S/C14H11IN2O/c1-18-13-7-3-2-5-10(13)12-9-17-8-4-6-11(15)14(17)16-12/h2-9H,1H3. The Balaban J connectivity index is 2.23. The smallest absolute Gasteiger partial charge is 0.150 e. The molecule has 2 aromatic heterocycles. The summed E-state index contributed by atoms with van der Waals surface area (Å²) < 4.78 is 8.54. The molecule has 18 heavy (non-hydrogen) atoms. The predicted molar refractivity (Wildman–Crippen MR) is 79.9 cm³/mol. The van der Waals surface area contributed by atoms with Gasteiger partial charge in [0.05, 0.1) is 16.4 Å². The number of imidazole rings is 1. The third-order valence-corrected chi connectivity index (χ3v) is 3.66. The molecule has 4 heteroatoms. The number of hydrogen-bond donors (Lipinski definition) is 0. The molecule has 0 bridgehead atoms. The van der Waals surface area contributed by atoms with E-state index < -0.39 is 0 Å². The molecule has 90 valence electrons. The van der Waals surface area contributed by atoms with E-state index >= 15 is 0 Å². The van der Waals surface area contributed by atoms with Gasteiger partial charge in [-0.1, -0.05) is 12.1 Å². The molecule has 0 saturated carbocycles. The number of rotatable bonds is 2. The van der Waals surface area contributed by atoms with Crippen LogP contribution in [-0.2, 0) is 0 Å². The number of benzene rings is 1. The first kappa shape index (κ1) is 11.5. The highest BCUT2D eigenvalue weighted by molar-refractivity contribution is 14.1. The third-order valence-electron chi connectivity index (χ3n) is 2.82. The molecule has 0 aliphatic heterocycles. The van der Waals surface area contributed by atoms with Crippen molar-refractivity contribution in [3.8, 4) is 17.0 Å². The lowest BCUT2D eigenvalue weighted by Gasteiger charge is -2.04. The van der Waals surface area contributed by atoms with Gasteiger partial charge >= 0.3 is 0 Å². The average molecular weight is 350 g/mol. The summed E-state index contributed by atoms with van der Waals surface area (Å²) in [4.78, 5) is 4.67. The summed E-state index contributed by atoms with van der Waals surface area (Å²) in [6, 6.07) is 12.0. The molecular formula is C14H11IN2O. The van der Waals surface area contributed by atoms with Crippen LogP contribution in [0.15, 0.2) is 48.8 Å². The molecule has 2 heterocycles. The number of pyridine rings is 1. The fourth-order valence-electron chi connectivity index (χ4n) is 1.96. The molecule has 0 amide bonds.